The predicted molar refractivity (Wildman–Crippen MR) is 83.9 cm³/mol. The van der Waals surface area contributed by atoms with Gasteiger partial charge in [-0.1, -0.05) is 35.0 Å². The third kappa shape index (κ3) is 3.94. The van der Waals surface area contributed by atoms with Crippen LogP contribution in [0.3, 0.4) is 0 Å². The van der Waals surface area contributed by atoms with Gasteiger partial charge in [0.15, 0.2) is 0 Å². The molecule has 2 rings (SSSR count). The lowest BCUT2D eigenvalue weighted by Gasteiger charge is -2.16. The highest BCUT2D eigenvalue weighted by molar-refractivity contribution is 9.10. The zero-order chi connectivity index (χ0) is 13.0. The molecule has 0 heterocycles. The van der Waals surface area contributed by atoms with Gasteiger partial charge in [-0.15, -0.1) is 12.4 Å². The van der Waals surface area contributed by atoms with Crippen LogP contribution in [0, 0.1) is 0 Å². The summed E-state index contributed by atoms with van der Waals surface area (Å²) in [6.07, 6.45) is 1.92. The molecule has 3 nitrogen and oxygen atoms in total. The van der Waals surface area contributed by atoms with Crippen LogP contribution in [0.25, 0.3) is 0 Å². The van der Waals surface area contributed by atoms with Crippen molar-refractivity contribution < 1.29 is 4.79 Å². The number of carbonyl (C=O) groups is 1. The lowest BCUT2D eigenvalue weighted by Crippen LogP contribution is -2.38. The van der Waals surface area contributed by atoms with Gasteiger partial charge < -0.3 is 10.6 Å². The van der Waals surface area contributed by atoms with Gasteiger partial charge in [0.2, 0.25) is 5.91 Å². The number of hydrogen-bond acceptors (Lipinski definition) is 2. The van der Waals surface area contributed by atoms with E-state index in [2.05, 4.69) is 33.5 Å². The maximum atomic E-state index is 12.2. The highest BCUT2D eigenvalue weighted by Gasteiger charge is 2.50. The molecule has 5 heteroatoms. The van der Waals surface area contributed by atoms with E-state index in [-0.39, 0.29) is 23.7 Å². The summed E-state index contributed by atoms with van der Waals surface area (Å²) in [5, 5.41) is 6.22. The van der Waals surface area contributed by atoms with Crippen LogP contribution < -0.4 is 10.6 Å². The Bertz CT molecular complexity index is 418. The van der Waals surface area contributed by atoms with Crippen LogP contribution in [0.15, 0.2) is 28.7 Å². The van der Waals surface area contributed by atoms with Crippen LogP contribution in [-0.2, 0) is 10.2 Å². The molecule has 1 fully saturated rings. The standard InChI is InChI=1S/C14H19BrN2O.ClH/c1-2-16-9-10-17-13(18)14(7-8-14)11-3-5-12(15)6-4-11;/h3-6,16H,2,7-10H2,1H3,(H,17,18);1H. The molecular weight excluding hydrogens is 328 g/mol. The fourth-order valence-corrected chi connectivity index (χ4v) is 2.42. The van der Waals surface area contributed by atoms with Crippen LogP contribution in [0.5, 0.6) is 0 Å². The largest absolute Gasteiger partial charge is 0.354 e. The van der Waals surface area contributed by atoms with E-state index in [1.807, 2.05) is 24.3 Å². The SMILES string of the molecule is CCNCCNC(=O)C1(c2ccc(Br)cc2)CC1.Cl. The zero-order valence-electron chi connectivity index (χ0n) is 11.0. The molecule has 1 aromatic carbocycles. The highest BCUT2D eigenvalue weighted by atomic mass is 79.9. The molecule has 0 atom stereocenters. The first-order chi connectivity index (χ1) is 8.69. The van der Waals surface area contributed by atoms with E-state index >= 15 is 0 Å². The monoisotopic (exact) mass is 346 g/mol. The van der Waals surface area contributed by atoms with Gasteiger partial charge in [0, 0.05) is 17.6 Å². The van der Waals surface area contributed by atoms with Crippen LogP contribution >= 0.6 is 28.3 Å². The first-order valence-electron chi connectivity index (χ1n) is 6.44. The average molecular weight is 348 g/mol. The number of halogens is 2. The summed E-state index contributed by atoms with van der Waals surface area (Å²) in [4.78, 5) is 12.2. The summed E-state index contributed by atoms with van der Waals surface area (Å²) in [5.41, 5.74) is 0.874. The number of hydrogen-bond donors (Lipinski definition) is 2. The summed E-state index contributed by atoms with van der Waals surface area (Å²) in [6.45, 7) is 4.53. The zero-order valence-corrected chi connectivity index (χ0v) is 13.4. The van der Waals surface area contributed by atoms with Gasteiger partial charge in [0.1, 0.15) is 0 Å². The molecule has 0 unspecified atom stereocenters. The van der Waals surface area contributed by atoms with Gasteiger partial charge in [-0.3, -0.25) is 4.79 Å². The molecule has 1 saturated carbocycles. The van der Waals surface area contributed by atoms with Gasteiger partial charge >= 0.3 is 0 Å². The molecule has 19 heavy (non-hydrogen) atoms. The maximum absolute atomic E-state index is 12.2. The van der Waals surface area contributed by atoms with E-state index < -0.39 is 0 Å². The van der Waals surface area contributed by atoms with Crippen molar-refractivity contribution in [2.75, 3.05) is 19.6 Å². The van der Waals surface area contributed by atoms with Crippen molar-refractivity contribution in [3.05, 3.63) is 34.3 Å². The fourth-order valence-electron chi connectivity index (χ4n) is 2.15. The van der Waals surface area contributed by atoms with E-state index in [1.165, 1.54) is 0 Å². The Morgan fingerprint density at radius 3 is 2.42 bits per heavy atom. The Morgan fingerprint density at radius 2 is 1.89 bits per heavy atom. The van der Waals surface area contributed by atoms with Gasteiger partial charge in [-0.2, -0.15) is 0 Å². The second kappa shape index (κ2) is 7.27. The average Bonchev–Trinajstić information content (AvgIpc) is 3.17. The second-order valence-corrected chi connectivity index (χ2v) is 5.61. The molecule has 2 N–H and O–H groups in total. The lowest BCUT2D eigenvalue weighted by atomic mass is 9.95. The molecule has 106 valence electrons. The summed E-state index contributed by atoms with van der Waals surface area (Å²) >= 11 is 3.42. The molecule has 1 aliphatic rings. The second-order valence-electron chi connectivity index (χ2n) is 4.70. The van der Waals surface area contributed by atoms with E-state index in [4.69, 9.17) is 0 Å². The number of benzene rings is 1. The van der Waals surface area contributed by atoms with Crippen molar-refractivity contribution in [3.8, 4) is 0 Å². The maximum Gasteiger partial charge on any atom is 0.230 e. The summed E-state index contributed by atoms with van der Waals surface area (Å²) in [7, 11) is 0. The Kier molecular flexibility index (Phi) is 6.30. The third-order valence-corrected chi connectivity index (χ3v) is 3.95. The first-order valence-corrected chi connectivity index (χ1v) is 7.23. The van der Waals surface area contributed by atoms with E-state index in [0.29, 0.717) is 6.54 Å². The number of rotatable bonds is 6. The number of nitrogens with one attached hydrogen (secondary N) is 2. The minimum Gasteiger partial charge on any atom is -0.354 e. The third-order valence-electron chi connectivity index (χ3n) is 3.42. The normalized spacial score (nSPS) is 15.5. The number of amides is 1. The van der Waals surface area contributed by atoms with Gasteiger partial charge in [0.25, 0.3) is 0 Å². The Balaban J connectivity index is 0.00000180. The topological polar surface area (TPSA) is 41.1 Å². The quantitative estimate of drug-likeness (QED) is 0.777. The molecule has 1 aliphatic carbocycles. The minimum atomic E-state index is -0.257. The summed E-state index contributed by atoms with van der Waals surface area (Å²) in [6, 6.07) is 8.09. The fraction of sp³-hybridized carbons (Fsp3) is 0.500. The van der Waals surface area contributed by atoms with Crippen molar-refractivity contribution in [3.63, 3.8) is 0 Å². The minimum absolute atomic E-state index is 0. The van der Waals surface area contributed by atoms with E-state index in [0.717, 1.165) is 36.0 Å². The van der Waals surface area contributed by atoms with Gasteiger partial charge in [-0.25, -0.2) is 0 Å². The van der Waals surface area contributed by atoms with Crippen molar-refractivity contribution in [1.29, 1.82) is 0 Å². The highest BCUT2D eigenvalue weighted by Crippen LogP contribution is 2.48. The first kappa shape index (κ1) is 16.5. The molecule has 0 aliphatic heterocycles. The van der Waals surface area contributed by atoms with Crippen LogP contribution in [-0.4, -0.2) is 25.5 Å². The Labute approximate surface area is 129 Å². The Morgan fingerprint density at radius 1 is 1.26 bits per heavy atom. The van der Waals surface area contributed by atoms with Gasteiger partial charge in [0.05, 0.1) is 5.41 Å². The number of likely N-dealkylation sites (N-methyl/N-ethyl adjacent to an activating group) is 1. The molecular formula is C14H20BrClN2O. The van der Waals surface area contributed by atoms with Crippen LogP contribution in [0.4, 0.5) is 0 Å². The van der Waals surface area contributed by atoms with Crippen LogP contribution in [0.2, 0.25) is 0 Å². The molecule has 0 bridgehead atoms. The van der Waals surface area contributed by atoms with Crippen molar-refractivity contribution in [2.45, 2.75) is 25.2 Å². The lowest BCUT2D eigenvalue weighted by molar-refractivity contribution is -0.123. The molecule has 0 radical (unpaired) electrons. The smallest absolute Gasteiger partial charge is 0.230 e. The van der Waals surface area contributed by atoms with Crippen LogP contribution in [0.1, 0.15) is 25.3 Å². The molecule has 1 amide bonds. The van der Waals surface area contributed by atoms with Crippen molar-refractivity contribution in [1.82, 2.24) is 10.6 Å². The van der Waals surface area contributed by atoms with Crippen molar-refractivity contribution in [2.24, 2.45) is 0 Å². The molecule has 0 aromatic heterocycles. The summed E-state index contributed by atoms with van der Waals surface area (Å²) in [5.74, 6) is 0.169. The molecule has 1 aromatic rings. The number of carbonyl (C=O) groups excluding carboxylic acids is 1. The van der Waals surface area contributed by atoms with Gasteiger partial charge in [-0.05, 0) is 37.1 Å². The van der Waals surface area contributed by atoms with Crippen molar-refractivity contribution >= 4 is 34.2 Å². The molecule has 0 spiro atoms. The summed E-state index contributed by atoms with van der Waals surface area (Å²) < 4.78 is 1.05. The molecule has 0 saturated heterocycles. The van der Waals surface area contributed by atoms with E-state index in [9.17, 15) is 4.79 Å². The Hall–Kier alpha value is -0.580. The predicted octanol–water partition coefficient (Wildman–Crippen LogP) is 2.63. The van der Waals surface area contributed by atoms with E-state index in [1.54, 1.807) is 0 Å².